The van der Waals surface area contributed by atoms with Crippen LogP contribution in [0.1, 0.15) is 11.5 Å². The topological polar surface area (TPSA) is 20.2 Å². The average molecular weight is 217 g/mol. The maximum Gasteiger partial charge on any atom is 0.0534 e. The third-order valence-corrected chi connectivity index (χ3v) is 2.23. The Hall–Kier alpha value is -0.500. The van der Waals surface area contributed by atoms with Crippen LogP contribution in [0.5, 0.6) is 0 Å². The average Bonchev–Trinajstić information content (AvgIpc) is 2.04. The zero-order valence-electron chi connectivity index (χ0n) is 7.00. The number of hydrogen-bond donors (Lipinski definition) is 1. The van der Waals surface area contributed by atoms with Gasteiger partial charge in [0.25, 0.3) is 0 Å². The minimum Gasteiger partial charge on any atom is -0.395 e. The summed E-state index contributed by atoms with van der Waals surface area (Å²) in [6.45, 7) is 3.64. The predicted octanol–water partition coefficient (Wildman–Crippen LogP) is 3.26. The lowest BCUT2D eigenvalue weighted by atomic mass is 10.0. The molecule has 1 N–H and O–H groups in total. The van der Waals surface area contributed by atoms with E-state index in [0.717, 1.165) is 5.56 Å². The lowest BCUT2D eigenvalue weighted by Gasteiger charge is -2.09. The Morgan fingerprint density at radius 3 is 2.23 bits per heavy atom. The fourth-order valence-electron chi connectivity index (χ4n) is 1.11. The Morgan fingerprint density at radius 2 is 1.85 bits per heavy atom. The van der Waals surface area contributed by atoms with Gasteiger partial charge < -0.3 is 5.11 Å². The van der Waals surface area contributed by atoms with E-state index in [1.807, 2.05) is 0 Å². The lowest BCUT2D eigenvalue weighted by molar-refractivity contribution is 0.283. The summed E-state index contributed by atoms with van der Waals surface area (Å²) >= 11 is 11.6. The minimum absolute atomic E-state index is 0.0141. The first-order valence-corrected chi connectivity index (χ1v) is 4.62. The number of hydrogen-bond acceptors (Lipinski definition) is 1. The Balaban J connectivity index is 3.05. The summed E-state index contributed by atoms with van der Waals surface area (Å²) < 4.78 is 0. The normalized spacial score (nSPS) is 12.5. The summed E-state index contributed by atoms with van der Waals surface area (Å²) in [7, 11) is 0. The summed E-state index contributed by atoms with van der Waals surface area (Å²) in [5, 5.41) is 10.1. The highest BCUT2D eigenvalue weighted by molar-refractivity contribution is 6.34. The highest BCUT2D eigenvalue weighted by atomic mass is 35.5. The van der Waals surface area contributed by atoms with Gasteiger partial charge in [-0.05, 0) is 23.8 Å². The van der Waals surface area contributed by atoms with Crippen LogP contribution in [-0.4, -0.2) is 11.7 Å². The van der Waals surface area contributed by atoms with Crippen molar-refractivity contribution in [2.24, 2.45) is 0 Å². The van der Waals surface area contributed by atoms with Crippen LogP contribution in [0, 0.1) is 0 Å². The maximum absolute atomic E-state index is 9.00. The SMILES string of the molecule is C=C[C@@H](CO)c1cc(Cl)cc(Cl)c1. The molecule has 1 nitrogen and oxygen atoms in total. The molecule has 0 fully saturated rings. The molecular weight excluding hydrogens is 207 g/mol. The van der Waals surface area contributed by atoms with Crippen molar-refractivity contribution in [3.8, 4) is 0 Å². The molecule has 1 rings (SSSR count). The fraction of sp³-hybridized carbons (Fsp3) is 0.200. The van der Waals surface area contributed by atoms with E-state index < -0.39 is 0 Å². The molecule has 1 aromatic rings. The number of aliphatic hydroxyl groups is 1. The Morgan fingerprint density at radius 1 is 1.31 bits per heavy atom. The molecule has 0 saturated carbocycles. The van der Waals surface area contributed by atoms with Crippen LogP contribution in [0.4, 0.5) is 0 Å². The van der Waals surface area contributed by atoms with E-state index in [9.17, 15) is 0 Å². The van der Waals surface area contributed by atoms with Crippen molar-refractivity contribution < 1.29 is 5.11 Å². The van der Waals surface area contributed by atoms with Crippen LogP contribution < -0.4 is 0 Å². The first-order valence-electron chi connectivity index (χ1n) is 3.86. The number of rotatable bonds is 3. The van der Waals surface area contributed by atoms with Gasteiger partial charge in [-0.1, -0.05) is 29.3 Å². The molecule has 0 aliphatic rings. The predicted molar refractivity (Wildman–Crippen MR) is 56.5 cm³/mol. The monoisotopic (exact) mass is 216 g/mol. The van der Waals surface area contributed by atoms with Crippen molar-refractivity contribution >= 4 is 23.2 Å². The van der Waals surface area contributed by atoms with Crippen LogP contribution in [0.3, 0.4) is 0 Å². The molecule has 1 atom stereocenters. The zero-order chi connectivity index (χ0) is 9.84. The van der Waals surface area contributed by atoms with Crippen molar-refractivity contribution in [1.82, 2.24) is 0 Å². The molecule has 0 saturated heterocycles. The highest BCUT2D eigenvalue weighted by Gasteiger charge is 2.07. The molecule has 0 spiro atoms. The van der Waals surface area contributed by atoms with Crippen LogP contribution in [0.25, 0.3) is 0 Å². The smallest absolute Gasteiger partial charge is 0.0534 e. The van der Waals surface area contributed by atoms with Crippen LogP contribution in [-0.2, 0) is 0 Å². The van der Waals surface area contributed by atoms with Crippen LogP contribution in [0.15, 0.2) is 30.9 Å². The van der Waals surface area contributed by atoms with E-state index in [-0.39, 0.29) is 12.5 Å². The molecule has 1 aromatic carbocycles. The van der Waals surface area contributed by atoms with Gasteiger partial charge in [0.15, 0.2) is 0 Å². The maximum atomic E-state index is 9.00. The van der Waals surface area contributed by atoms with E-state index >= 15 is 0 Å². The van der Waals surface area contributed by atoms with E-state index in [0.29, 0.717) is 10.0 Å². The third kappa shape index (κ3) is 2.73. The Kier molecular flexibility index (Phi) is 3.79. The van der Waals surface area contributed by atoms with Crippen molar-refractivity contribution in [3.05, 3.63) is 46.5 Å². The van der Waals surface area contributed by atoms with E-state index in [1.165, 1.54) is 0 Å². The summed E-state index contributed by atoms with van der Waals surface area (Å²) in [4.78, 5) is 0. The first-order chi connectivity index (χ1) is 6.17. The third-order valence-electron chi connectivity index (χ3n) is 1.79. The van der Waals surface area contributed by atoms with Crippen molar-refractivity contribution in [2.75, 3.05) is 6.61 Å². The molecule has 0 bridgehead atoms. The highest BCUT2D eigenvalue weighted by Crippen LogP contribution is 2.24. The van der Waals surface area contributed by atoms with Gasteiger partial charge in [-0.15, -0.1) is 6.58 Å². The van der Waals surface area contributed by atoms with E-state index in [2.05, 4.69) is 6.58 Å². The number of aliphatic hydroxyl groups excluding tert-OH is 1. The summed E-state index contributed by atoms with van der Waals surface area (Å²) in [5.41, 5.74) is 0.884. The Bertz CT molecular complexity index is 290. The first kappa shape index (κ1) is 10.6. The second-order valence-corrected chi connectivity index (χ2v) is 3.60. The van der Waals surface area contributed by atoms with E-state index in [1.54, 1.807) is 24.3 Å². The molecular formula is C10H10Cl2O. The molecule has 70 valence electrons. The molecule has 0 radical (unpaired) electrons. The van der Waals surface area contributed by atoms with Crippen molar-refractivity contribution in [1.29, 1.82) is 0 Å². The molecule has 13 heavy (non-hydrogen) atoms. The Labute approximate surface area is 87.6 Å². The molecule has 0 amide bonds. The second kappa shape index (κ2) is 4.66. The van der Waals surface area contributed by atoms with Gasteiger partial charge in [0.1, 0.15) is 0 Å². The fourth-order valence-corrected chi connectivity index (χ4v) is 1.65. The van der Waals surface area contributed by atoms with Gasteiger partial charge in [0, 0.05) is 16.0 Å². The molecule has 0 aromatic heterocycles. The summed E-state index contributed by atoms with van der Waals surface area (Å²) in [5.74, 6) is -0.101. The van der Waals surface area contributed by atoms with Gasteiger partial charge >= 0.3 is 0 Å². The summed E-state index contributed by atoms with van der Waals surface area (Å²) in [6.07, 6.45) is 1.67. The van der Waals surface area contributed by atoms with Gasteiger partial charge in [-0.3, -0.25) is 0 Å². The summed E-state index contributed by atoms with van der Waals surface area (Å²) in [6, 6.07) is 5.20. The quantitative estimate of drug-likeness (QED) is 0.770. The van der Waals surface area contributed by atoms with Gasteiger partial charge in [-0.2, -0.15) is 0 Å². The van der Waals surface area contributed by atoms with E-state index in [4.69, 9.17) is 28.3 Å². The molecule has 0 heterocycles. The minimum atomic E-state index is -0.101. The lowest BCUT2D eigenvalue weighted by Crippen LogP contribution is -1.99. The largest absolute Gasteiger partial charge is 0.395 e. The molecule has 0 unspecified atom stereocenters. The van der Waals surface area contributed by atoms with Crippen LogP contribution >= 0.6 is 23.2 Å². The van der Waals surface area contributed by atoms with Crippen molar-refractivity contribution in [2.45, 2.75) is 5.92 Å². The van der Waals surface area contributed by atoms with Gasteiger partial charge in [0.2, 0.25) is 0 Å². The number of benzene rings is 1. The van der Waals surface area contributed by atoms with Crippen LogP contribution in [0.2, 0.25) is 10.0 Å². The molecule has 3 heteroatoms. The zero-order valence-corrected chi connectivity index (χ0v) is 8.52. The van der Waals surface area contributed by atoms with Gasteiger partial charge in [0.05, 0.1) is 6.61 Å². The van der Waals surface area contributed by atoms with Gasteiger partial charge in [-0.25, -0.2) is 0 Å². The molecule has 0 aliphatic carbocycles. The second-order valence-electron chi connectivity index (χ2n) is 2.73. The van der Waals surface area contributed by atoms with Crippen molar-refractivity contribution in [3.63, 3.8) is 0 Å². The standard InChI is InChI=1S/C10H10Cl2O/c1-2-7(6-13)8-3-9(11)5-10(12)4-8/h2-5,7,13H,1,6H2/t7-/m0/s1. The number of halogens is 2. The molecule has 0 aliphatic heterocycles.